The lowest BCUT2D eigenvalue weighted by atomic mass is 9.87. The van der Waals surface area contributed by atoms with Crippen molar-refractivity contribution in [3.8, 4) is 0 Å². The number of aromatic nitrogens is 4. The molecule has 6 heteroatoms. The highest BCUT2D eigenvalue weighted by atomic mass is 16.5. The molecule has 0 aliphatic heterocycles. The van der Waals surface area contributed by atoms with Gasteiger partial charge >= 0.3 is 5.97 Å². The number of ether oxygens (including phenoxy) is 1. The molecule has 0 aliphatic carbocycles. The smallest absolute Gasteiger partial charge is 0.316 e. The Morgan fingerprint density at radius 1 is 1.69 bits per heavy atom. The van der Waals surface area contributed by atoms with E-state index >= 15 is 0 Å². The van der Waals surface area contributed by atoms with Crippen LogP contribution in [0.4, 0.5) is 0 Å². The molecule has 88 valence electrons. The zero-order valence-electron chi connectivity index (χ0n) is 9.80. The fourth-order valence-corrected chi connectivity index (χ4v) is 1.25. The van der Waals surface area contributed by atoms with Crippen molar-refractivity contribution in [3.63, 3.8) is 0 Å². The Labute approximate surface area is 94.3 Å². The van der Waals surface area contributed by atoms with Crippen LogP contribution < -0.4 is 0 Å². The summed E-state index contributed by atoms with van der Waals surface area (Å²) in [5.41, 5.74) is -0.807. The van der Waals surface area contributed by atoms with Gasteiger partial charge in [0.25, 0.3) is 0 Å². The van der Waals surface area contributed by atoms with Crippen molar-refractivity contribution >= 4 is 5.97 Å². The topological polar surface area (TPSA) is 69.9 Å². The lowest BCUT2D eigenvalue weighted by Crippen LogP contribution is -2.30. The Kier molecular flexibility index (Phi) is 3.76. The third-order valence-corrected chi connectivity index (χ3v) is 2.27. The van der Waals surface area contributed by atoms with Crippen LogP contribution in [0.25, 0.3) is 0 Å². The monoisotopic (exact) mass is 224 g/mol. The summed E-state index contributed by atoms with van der Waals surface area (Å²) in [6.45, 7) is 7.51. The van der Waals surface area contributed by atoms with E-state index in [0.29, 0.717) is 18.9 Å². The second-order valence-corrected chi connectivity index (χ2v) is 3.71. The summed E-state index contributed by atoms with van der Waals surface area (Å²) in [6.07, 6.45) is 1.89. The van der Waals surface area contributed by atoms with Crippen LogP contribution in [0.2, 0.25) is 0 Å². The molecule has 0 radical (unpaired) electrons. The van der Waals surface area contributed by atoms with E-state index in [1.54, 1.807) is 27.0 Å². The van der Waals surface area contributed by atoms with Gasteiger partial charge < -0.3 is 4.74 Å². The average molecular weight is 224 g/mol. The molecule has 1 aromatic heterocycles. The number of tetrazole rings is 1. The van der Waals surface area contributed by atoms with Crippen LogP contribution in [-0.2, 0) is 23.0 Å². The normalized spacial score (nSPS) is 14.2. The minimum atomic E-state index is -0.807. The number of rotatable bonds is 5. The number of nitrogens with zero attached hydrogens (tertiary/aromatic N) is 4. The maximum absolute atomic E-state index is 11.7. The summed E-state index contributed by atoms with van der Waals surface area (Å²) >= 11 is 0. The van der Waals surface area contributed by atoms with Gasteiger partial charge in [0, 0.05) is 6.42 Å². The molecule has 0 amide bonds. The number of hydrogen-bond donors (Lipinski definition) is 0. The van der Waals surface area contributed by atoms with Gasteiger partial charge in [-0.2, -0.15) is 4.80 Å². The molecule has 0 fully saturated rings. The molecule has 0 aliphatic rings. The first-order chi connectivity index (χ1) is 7.51. The Bertz CT molecular complexity index is 388. The van der Waals surface area contributed by atoms with Crippen LogP contribution in [-0.4, -0.2) is 32.8 Å². The fraction of sp³-hybridized carbons (Fsp3) is 0.600. The van der Waals surface area contributed by atoms with Crippen LogP contribution in [0, 0.1) is 5.41 Å². The minimum absolute atomic E-state index is 0.322. The molecule has 0 aromatic carbocycles. The number of carbonyl (C=O) groups excluding carboxylic acids is 1. The van der Waals surface area contributed by atoms with Crippen LogP contribution in [0.1, 0.15) is 19.7 Å². The zero-order chi connectivity index (χ0) is 12.2. The Morgan fingerprint density at radius 2 is 2.38 bits per heavy atom. The van der Waals surface area contributed by atoms with Gasteiger partial charge in [0.15, 0.2) is 5.82 Å². The first kappa shape index (κ1) is 12.4. The van der Waals surface area contributed by atoms with E-state index in [0.717, 1.165) is 0 Å². The van der Waals surface area contributed by atoms with Crippen LogP contribution in [0.15, 0.2) is 12.7 Å². The fourth-order valence-electron chi connectivity index (χ4n) is 1.25. The molecule has 1 heterocycles. The molecule has 1 aromatic rings. The largest absolute Gasteiger partial charge is 0.465 e. The summed E-state index contributed by atoms with van der Waals surface area (Å²) in [5.74, 6) is 0.176. The van der Waals surface area contributed by atoms with Gasteiger partial charge in [-0.15, -0.1) is 16.8 Å². The Morgan fingerprint density at radius 3 is 2.81 bits per heavy atom. The molecular weight excluding hydrogens is 208 g/mol. The maximum atomic E-state index is 11.7. The van der Waals surface area contributed by atoms with Crippen molar-refractivity contribution in [2.45, 2.75) is 20.3 Å². The minimum Gasteiger partial charge on any atom is -0.465 e. The second-order valence-electron chi connectivity index (χ2n) is 3.71. The molecule has 0 bridgehead atoms. The van der Waals surface area contributed by atoms with Crippen molar-refractivity contribution < 1.29 is 9.53 Å². The van der Waals surface area contributed by atoms with Gasteiger partial charge in [0.05, 0.1) is 19.1 Å². The molecule has 1 atom stereocenters. The first-order valence-electron chi connectivity index (χ1n) is 5.05. The highest BCUT2D eigenvalue weighted by Crippen LogP contribution is 2.23. The van der Waals surface area contributed by atoms with Gasteiger partial charge in [-0.3, -0.25) is 4.79 Å². The molecule has 0 saturated heterocycles. The Hall–Kier alpha value is -1.72. The van der Waals surface area contributed by atoms with Gasteiger partial charge in [-0.25, -0.2) is 0 Å². The maximum Gasteiger partial charge on any atom is 0.316 e. The average Bonchev–Trinajstić information content (AvgIpc) is 2.64. The molecule has 0 N–H and O–H groups in total. The van der Waals surface area contributed by atoms with E-state index < -0.39 is 5.41 Å². The van der Waals surface area contributed by atoms with Gasteiger partial charge in [-0.1, -0.05) is 6.08 Å². The van der Waals surface area contributed by atoms with Crippen LogP contribution in [0.5, 0.6) is 0 Å². The van der Waals surface area contributed by atoms with E-state index in [1.807, 2.05) is 0 Å². The van der Waals surface area contributed by atoms with Gasteiger partial charge in [0.1, 0.15) is 0 Å². The predicted octanol–water partition coefficient (Wildman–Crippen LogP) is 0.508. The third kappa shape index (κ3) is 2.65. The predicted molar refractivity (Wildman–Crippen MR) is 57.4 cm³/mol. The van der Waals surface area contributed by atoms with E-state index in [4.69, 9.17) is 4.74 Å². The molecular formula is C10H16N4O2. The van der Waals surface area contributed by atoms with E-state index in [1.165, 1.54) is 4.80 Å². The number of carbonyl (C=O) groups is 1. The third-order valence-electron chi connectivity index (χ3n) is 2.27. The summed E-state index contributed by atoms with van der Waals surface area (Å²) in [6, 6.07) is 0. The van der Waals surface area contributed by atoms with Crippen molar-refractivity contribution in [3.05, 3.63) is 18.5 Å². The highest BCUT2D eigenvalue weighted by molar-refractivity contribution is 5.78. The summed E-state index contributed by atoms with van der Waals surface area (Å²) < 4.78 is 4.98. The van der Waals surface area contributed by atoms with Crippen molar-refractivity contribution in [1.82, 2.24) is 20.2 Å². The second kappa shape index (κ2) is 4.87. The van der Waals surface area contributed by atoms with Gasteiger partial charge in [0.2, 0.25) is 0 Å². The molecule has 0 saturated carbocycles. The molecule has 6 nitrogen and oxygen atoms in total. The van der Waals surface area contributed by atoms with Crippen LogP contribution >= 0.6 is 0 Å². The number of hydrogen-bond acceptors (Lipinski definition) is 5. The highest BCUT2D eigenvalue weighted by Gasteiger charge is 2.33. The SMILES string of the molecule is C=CC(C)(Cc1nnn(C)n1)C(=O)OCC. The lowest BCUT2D eigenvalue weighted by Gasteiger charge is -2.21. The first-order valence-corrected chi connectivity index (χ1v) is 5.05. The molecule has 1 unspecified atom stereocenters. The lowest BCUT2D eigenvalue weighted by molar-refractivity contribution is -0.151. The summed E-state index contributed by atoms with van der Waals surface area (Å²) in [7, 11) is 1.67. The zero-order valence-corrected chi connectivity index (χ0v) is 9.80. The van der Waals surface area contributed by atoms with E-state index in [9.17, 15) is 4.79 Å². The quantitative estimate of drug-likeness (QED) is 0.538. The molecule has 1 rings (SSSR count). The number of aryl methyl sites for hydroxylation is 1. The standard InChI is InChI=1S/C10H16N4O2/c1-5-10(3,9(15)16-6-2)7-8-11-13-14(4)12-8/h5H,1,6-7H2,2-4H3. The molecule has 16 heavy (non-hydrogen) atoms. The van der Waals surface area contributed by atoms with E-state index in [2.05, 4.69) is 22.0 Å². The van der Waals surface area contributed by atoms with Crippen molar-refractivity contribution in [2.24, 2.45) is 12.5 Å². The number of esters is 1. The molecule has 0 spiro atoms. The summed E-state index contributed by atoms with van der Waals surface area (Å²) in [5, 5.41) is 11.6. The summed E-state index contributed by atoms with van der Waals surface area (Å²) in [4.78, 5) is 13.1. The van der Waals surface area contributed by atoms with Crippen molar-refractivity contribution in [1.29, 1.82) is 0 Å². The van der Waals surface area contributed by atoms with Crippen LogP contribution in [0.3, 0.4) is 0 Å². The Balaban J connectivity index is 2.81. The van der Waals surface area contributed by atoms with E-state index in [-0.39, 0.29) is 5.97 Å². The van der Waals surface area contributed by atoms with Gasteiger partial charge in [-0.05, 0) is 19.1 Å². The van der Waals surface area contributed by atoms with Crippen molar-refractivity contribution in [2.75, 3.05) is 6.61 Å².